The second-order valence-electron chi connectivity index (χ2n) is 7.23. The molecule has 2 bridgehead atoms. The molecule has 4 rings (SSSR count). The van der Waals surface area contributed by atoms with Gasteiger partial charge < -0.3 is 4.90 Å². The highest BCUT2D eigenvalue weighted by Gasteiger charge is 2.47. The number of rotatable bonds is 3. The summed E-state index contributed by atoms with van der Waals surface area (Å²) in [4.78, 5) is 2.38. The van der Waals surface area contributed by atoms with Crippen molar-refractivity contribution in [1.82, 2.24) is 4.90 Å². The van der Waals surface area contributed by atoms with Gasteiger partial charge in [-0.1, -0.05) is 6.07 Å². The van der Waals surface area contributed by atoms with Crippen LogP contribution in [0, 0.1) is 17.8 Å². The molecule has 4 atom stereocenters. The summed E-state index contributed by atoms with van der Waals surface area (Å²) >= 11 is 9.22. The molecule has 2 fully saturated rings. The summed E-state index contributed by atoms with van der Waals surface area (Å²) in [6, 6.07) is 7.17. The molecule has 1 heterocycles. The molecule has 2 aromatic rings. The Bertz CT molecular complexity index is 708. The van der Waals surface area contributed by atoms with Crippen molar-refractivity contribution in [2.45, 2.75) is 25.2 Å². The molecule has 0 N–H and O–H groups in total. The Morgan fingerprint density at radius 1 is 1.18 bits per heavy atom. The molecule has 0 amide bonds. The fraction of sp³-hybridized carbons (Fsp3) is 0.556. The fourth-order valence-corrected chi connectivity index (χ4v) is 7.12. The van der Waals surface area contributed by atoms with Crippen LogP contribution in [0.15, 0.2) is 26.5 Å². The standard InChI is InChI=1S/C18H21Br2NS/c1-21(2)9-14-10-3-4-11(7-10)16(14)12-5-6-15-13(8-12)17(19)18(20)22-15/h5-6,8,10-11,14,16H,3-4,7,9H2,1-2H3/t10-,11+,14-,16+/m0/s1. The lowest BCUT2D eigenvalue weighted by Crippen LogP contribution is -2.30. The summed E-state index contributed by atoms with van der Waals surface area (Å²) in [5.74, 6) is 3.46. The van der Waals surface area contributed by atoms with Gasteiger partial charge in [-0.05, 0) is 107 Å². The zero-order chi connectivity index (χ0) is 15.4. The van der Waals surface area contributed by atoms with E-state index in [2.05, 4.69) is 69.1 Å². The van der Waals surface area contributed by atoms with Crippen LogP contribution in [0.25, 0.3) is 10.1 Å². The summed E-state index contributed by atoms with van der Waals surface area (Å²) in [6.45, 7) is 1.23. The van der Waals surface area contributed by atoms with Crippen molar-refractivity contribution in [1.29, 1.82) is 0 Å². The molecule has 118 valence electrons. The van der Waals surface area contributed by atoms with E-state index in [0.29, 0.717) is 0 Å². The van der Waals surface area contributed by atoms with Crippen LogP contribution >= 0.6 is 43.2 Å². The maximum Gasteiger partial charge on any atom is 0.0853 e. The van der Waals surface area contributed by atoms with E-state index >= 15 is 0 Å². The van der Waals surface area contributed by atoms with Gasteiger partial charge in [-0.2, -0.15) is 0 Å². The first-order valence-electron chi connectivity index (χ1n) is 8.06. The zero-order valence-corrected chi connectivity index (χ0v) is 17.0. The minimum absolute atomic E-state index is 0.760. The van der Waals surface area contributed by atoms with E-state index in [1.807, 2.05) is 11.3 Å². The van der Waals surface area contributed by atoms with Gasteiger partial charge >= 0.3 is 0 Å². The summed E-state index contributed by atoms with van der Waals surface area (Å²) < 4.78 is 3.80. The number of benzene rings is 1. The molecule has 1 aromatic heterocycles. The Hall–Kier alpha value is 0.1000. The molecule has 2 saturated carbocycles. The first-order chi connectivity index (χ1) is 10.5. The molecule has 1 nitrogen and oxygen atoms in total. The van der Waals surface area contributed by atoms with Crippen LogP contribution in [-0.2, 0) is 0 Å². The van der Waals surface area contributed by atoms with Crippen molar-refractivity contribution in [2.75, 3.05) is 20.6 Å². The van der Waals surface area contributed by atoms with E-state index in [-0.39, 0.29) is 0 Å². The quantitative estimate of drug-likeness (QED) is 0.553. The van der Waals surface area contributed by atoms with Crippen molar-refractivity contribution < 1.29 is 0 Å². The van der Waals surface area contributed by atoms with Gasteiger partial charge in [-0.25, -0.2) is 0 Å². The van der Waals surface area contributed by atoms with Crippen LogP contribution in [0.1, 0.15) is 30.7 Å². The van der Waals surface area contributed by atoms with Gasteiger partial charge in [-0.15, -0.1) is 11.3 Å². The van der Waals surface area contributed by atoms with Crippen molar-refractivity contribution >= 4 is 53.3 Å². The van der Waals surface area contributed by atoms with E-state index in [1.165, 1.54) is 44.2 Å². The Labute approximate surface area is 153 Å². The van der Waals surface area contributed by atoms with E-state index in [1.54, 1.807) is 5.56 Å². The van der Waals surface area contributed by atoms with Crippen molar-refractivity contribution in [2.24, 2.45) is 17.8 Å². The monoisotopic (exact) mass is 441 g/mol. The van der Waals surface area contributed by atoms with Crippen LogP contribution < -0.4 is 0 Å². The lowest BCUT2D eigenvalue weighted by Gasteiger charge is -2.33. The minimum Gasteiger partial charge on any atom is -0.309 e. The lowest BCUT2D eigenvalue weighted by molar-refractivity contribution is 0.219. The Kier molecular flexibility index (Phi) is 4.17. The molecule has 1 aromatic carbocycles. The van der Waals surface area contributed by atoms with Gasteiger partial charge in [0.15, 0.2) is 0 Å². The van der Waals surface area contributed by atoms with Crippen LogP contribution in [0.3, 0.4) is 0 Å². The average Bonchev–Trinajstić information content (AvgIpc) is 3.14. The minimum atomic E-state index is 0.760. The molecular formula is C18H21Br2NS. The Balaban J connectivity index is 1.74. The third-order valence-corrected chi connectivity index (χ3v) is 9.12. The number of halogens is 2. The highest BCUT2D eigenvalue weighted by Crippen LogP contribution is 2.57. The van der Waals surface area contributed by atoms with Crippen LogP contribution in [0.4, 0.5) is 0 Å². The second-order valence-corrected chi connectivity index (χ2v) is 10.4. The van der Waals surface area contributed by atoms with Gasteiger partial charge in [0.05, 0.1) is 8.26 Å². The lowest BCUT2D eigenvalue weighted by atomic mass is 9.75. The first-order valence-corrected chi connectivity index (χ1v) is 10.5. The Morgan fingerprint density at radius 2 is 1.95 bits per heavy atom. The molecule has 0 radical (unpaired) electrons. The number of hydrogen-bond acceptors (Lipinski definition) is 2. The molecule has 0 unspecified atom stereocenters. The molecule has 2 aliphatic rings. The third kappa shape index (κ3) is 2.51. The average molecular weight is 443 g/mol. The number of hydrogen-bond donors (Lipinski definition) is 0. The third-order valence-electron chi connectivity index (χ3n) is 5.66. The van der Waals surface area contributed by atoms with E-state index in [4.69, 9.17) is 0 Å². The van der Waals surface area contributed by atoms with Gasteiger partial charge in [0.2, 0.25) is 0 Å². The topological polar surface area (TPSA) is 3.24 Å². The smallest absolute Gasteiger partial charge is 0.0853 e. The summed E-state index contributed by atoms with van der Waals surface area (Å²) in [6.07, 6.45) is 4.34. The van der Waals surface area contributed by atoms with E-state index < -0.39 is 0 Å². The molecule has 22 heavy (non-hydrogen) atoms. The van der Waals surface area contributed by atoms with Gasteiger partial charge in [0, 0.05) is 16.6 Å². The maximum absolute atomic E-state index is 3.75. The van der Waals surface area contributed by atoms with Gasteiger partial charge in [-0.3, -0.25) is 0 Å². The maximum atomic E-state index is 3.75. The van der Waals surface area contributed by atoms with Crippen LogP contribution in [-0.4, -0.2) is 25.5 Å². The van der Waals surface area contributed by atoms with Crippen LogP contribution in [0.2, 0.25) is 0 Å². The predicted molar refractivity (Wildman–Crippen MR) is 103 cm³/mol. The van der Waals surface area contributed by atoms with E-state index in [0.717, 1.165) is 23.7 Å². The molecular weight excluding hydrogens is 422 g/mol. The molecule has 0 aliphatic heterocycles. The van der Waals surface area contributed by atoms with Crippen molar-refractivity contribution in [3.8, 4) is 0 Å². The molecule has 0 spiro atoms. The van der Waals surface area contributed by atoms with Crippen molar-refractivity contribution in [3.05, 3.63) is 32.0 Å². The summed E-state index contributed by atoms with van der Waals surface area (Å²) in [5.41, 5.74) is 1.57. The number of nitrogens with zero attached hydrogens (tertiary/aromatic N) is 1. The zero-order valence-electron chi connectivity index (χ0n) is 13.0. The van der Waals surface area contributed by atoms with Crippen LogP contribution in [0.5, 0.6) is 0 Å². The number of fused-ring (bicyclic) bond motifs is 3. The largest absolute Gasteiger partial charge is 0.309 e. The summed E-state index contributed by atoms with van der Waals surface area (Å²) in [5, 5.41) is 1.38. The normalized spacial score (nSPS) is 30.8. The molecule has 2 aliphatic carbocycles. The highest BCUT2D eigenvalue weighted by molar-refractivity contribution is 9.13. The number of thiophene rings is 1. The van der Waals surface area contributed by atoms with E-state index in [9.17, 15) is 0 Å². The van der Waals surface area contributed by atoms with Gasteiger partial charge in [0.1, 0.15) is 0 Å². The SMILES string of the molecule is CN(C)C[C@H]1[C@H]2CC[C@H](C2)[C@@H]1c1ccc2sc(Br)c(Br)c2c1. The fourth-order valence-electron chi connectivity index (χ4n) is 4.88. The second kappa shape index (κ2) is 5.87. The van der Waals surface area contributed by atoms with Gasteiger partial charge in [0.25, 0.3) is 0 Å². The first kappa shape index (κ1) is 15.6. The molecule has 0 saturated heterocycles. The predicted octanol–water partition coefficient (Wildman–Crippen LogP) is 6.12. The molecule has 4 heteroatoms. The van der Waals surface area contributed by atoms with Crippen molar-refractivity contribution in [3.63, 3.8) is 0 Å². The summed E-state index contributed by atoms with van der Waals surface area (Å²) in [7, 11) is 4.44. The Morgan fingerprint density at radius 3 is 2.73 bits per heavy atom. The highest BCUT2D eigenvalue weighted by atomic mass is 79.9.